The normalized spacial score (nSPS) is 13.2. The average Bonchev–Trinajstić information content (AvgIpc) is 2.83. The molecule has 1 atom stereocenters. The largest absolute Gasteiger partial charge is 0.491 e. The van der Waals surface area contributed by atoms with Crippen LogP contribution in [0.3, 0.4) is 0 Å². The molecule has 0 aliphatic heterocycles. The Morgan fingerprint density at radius 1 is 0.906 bits per heavy atom. The Labute approximate surface area is 193 Å². The summed E-state index contributed by atoms with van der Waals surface area (Å²) in [5.41, 5.74) is 4.81. The molecule has 0 aliphatic rings. The van der Waals surface area contributed by atoms with Crippen LogP contribution in [-0.2, 0) is 25.0 Å². The first-order valence-corrected chi connectivity index (χ1v) is 11.8. The summed E-state index contributed by atoms with van der Waals surface area (Å²) < 4.78 is 5.95. The molecule has 3 N–H and O–H groups in total. The molecular weight excluding hydrogens is 400 g/mol. The lowest BCUT2D eigenvalue weighted by Gasteiger charge is -2.30. The lowest BCUT2D eigenvalue weighted by molar-refractivity contribution is 0.0697. The zero-order chi connectivity index (χ0) is 23.7. The second kappa shape index (κ2) is 12.2. The van der Waals surface area contributed by atoms with Gasteiger partial charge in [-0.2, -0.15) is 0 Å². The fraction of sp³-hybridized carbons (Fsp3) is 0.500. The summed E-state index contributed by atoms with van der Waals surface area (Å²) in [6, 6.07) is 12.2. The van der Waals surface area contributed by atoms with Crippen LogP contribution in [0.25, 0.3) is 6.08 Å². The van der Waals surface area contributed by atoms with E-state index in [0.717, 1.165) is 47.3 Å². The topological polar surface area (TPSA) is 69.9 Å². The van der Waals surface area contributed by atoms with Crippen LogP contribution in [0, 0.1) is 5.92 Å². The molecule has 0 heterocycles. The zero-order valence-electron chi connectivity index (χ0n) is 20.3. The highest BCUT2D eigenvalue weighted by atomic mass is 16.5. The van der Waals surface area contributed by atoms with Gasteiger partial charge < -0.3 is 20.1 Å². The summed E-state index contributed by atoms with van der Waals surface area (Å²) in [4.78, 5) is 0. The van der Waals surface area contributed by atoms with E-state index in [1.54, 1.807) is 0 Å². The van der Waals surface area contributed by atoms with Crippen LogP contribution in [0.4, 0.5) is 0 Å². The number of hydrogen-bond acceptors (Lipinski definition) is 4. The molecule has 2 aromatic carbocycles. The Kier molecular flexibility index (Phi) is 9.95. The summed E-state index contributed by atoms with van der Waals surface area (Å²) in [6.07, 6.45) is 6.67. The second-order valence-electron chi connectivity index (χ2n) is 8.84. The van der Waals surface area contributed by atoms with Crippen LogP contribution in [0.15, 0.2) is 42.5 Å². The van der Waals surface area contributed by atoms with E-state index in [0.29, 0.717) is 6.61 Å². The van der Waals surface area contributed by atoms with Crippen LogP contribution in [0.1, 0.15) is 75.3 Å². The fourth-order valence-electron chi connectivity index (χ4n) is 3.97. The van der Waals surface area contributed by atoms with Crippen molar-refractivity contribution in [3.63, 3.8) is 0 Å². The van der Waals surface area contributed by atoms with Gasteiger partial charge in [-0.1, -0.05) is 71.0 Å². The molecule has 0 saturated heterocycles. The van der Waals surface area contributed by atoms with Gasteiger partial charge in [0, 0.05) is 5.41 Å². The number of rotatable bonds is 12. The van der Waals surface area contributed by atoms with E-state index in [2.05, 4.69) is 45.1 Å². The molecule has 4 heteroatoms. The molecule has 176 valence electrons. The van der Waals surface area contributed by atoms with E-state index in [-0.39, 0.29) is 24.5 Å². The molecule has 0 amide bonds. The standard InChI is InChI=1S/C28H40O4/c1-6-22-16-25(11-12-27(22)32-19-26(31)20(4)5)28(7-2,8-3)14-13-21-9-10-23(17-29)24(15-21)18-30/h9-16,20,26,29-31H,6-8,17-19H2,1-5H3/b14-13+. The van der Waals surface area contributed by atoms with Gasteiger partial charge in [-0.3, -0.25) is 0 Å². The molecule has 0 aromatic heterocycles. The van der Waals surface area contributed by atoms with Crippen molar-refractivity contribution >= 4 is 6.08 Å². The van der Waals surface area contributed by atoms with Crippen molar-refractivity contribution in [2.45, 2.75) is 78.6 Å². The van der Waals surface area contributed by atoms with Gasteiger partial charge in [0.15, 0.2) is 0 Å². The number of hydrogen-bond donors (Lipinski definition) is 3. The minimum atomic E-state index is -0.478. The quantitative estimate of drug-likeness (QED) is 0.413. The minimum absolute atomic E-state index is 0.0733. The van der Waals surface area contributed by atoms with Gasteiger partial charge in [0.05, 0.1) is 19.3 Å². The minimum Gasteiger partial charge on any atom is -0.491 e. The number of aliphatic hydroxyl groups excluding tert-OH is 3. The van der Waals surface area contributed by atoms with E-state index < -0.39 is 6.10 Å². The molecule has 2 rings (SSSR count). The van der Waals surface area contributed by atoms with Crippen molar-refractivity contribution in [2.24, 2.45) is 5.92 Å². The first-order valence-electron chi connectivity index (χ1n) is 11.8. The summed E-state index contributed by atoms with van der Waals surface area (Å²) >= 11 is 0. The van der Waals surface area contributed by atoms with Gasteiger partial charge >= 0.3 is 0 Å². The van der Waals surface area contributed by atoms with Crippen molar-refractivity contribution in [3.05, 3.63) is 70.3 Å². The Balaban J connectivity index is 2.35. The van der Waals surface area contributed by atoms with Crippen molar-refractivity contribution in [3.8, 4) is 5.75 Å². The van der Waals surface area contributed by atoms with Gasteiger partial charge in [-0.05, 0) is 65.1 Å². The molecule has 2 aromatic rings. The predicted octanol–water partition coefficient (Wildman–Crippen LogP) is 5.40. The van der Waals surface area contributed by atoms with Crippen molar-refractivity contribution in [1.82, 2.24) is 0 Å². The Bertz CT molecular complexity index is 881. The van der Waals surface area contributed by atoms with Crippen molar-refractivity contribution in [1.29, 1.82) is 0 Å². The SMILES string of the molecule is CCc1cc(C(/C=C/c2ccc(CO)c(CO)c2)(CC)CC)ccc1OCC(O)C(C)C. The maximum Gasteiger partial charge on any atom is 0.122 e. The number of ether oxygens (including phenoxy) is 1. The van der Waals surface area contributed by atoms with E-state index in [1.807, 2.05) is 38.1 Å². The first kappa shape index (κ1) is 26.1. The highest BCUT2D eigenvalue weighted by Crippen LogP contribution is 2.36. The van der Waals surface area contributed by atoms with E-state index in [4.69, 9.17) is 4.74 Å². The van der Waals surface area contributed by atoms with Gasteiger partial charge in [0.1, 0.15) is 12.4 Å². The zero-order valence-corrected chi connectivity index (χ0v) is 20.3. The third kappa shape index (κ3) is 6.22. The van der Waals surface area contributed by atoms with E-state index >= 15 is 0 Å². The molecule has 0 radical (unpaired) electrons. The highest BCUT2D eigenvalue weighted by molar-refractivity contribution is 5.55. The molecule has 0 aliphatic carbocycles. The molecular formula is C28H40O4. The molecule has 0 spiro atoms. The molecule has 0 bridgehead atoms. The molecule has 32 heavy (non-hydrogen) atoms. The second-order valence-corrected chi connectivity index (χ2v) is 8.84. The van der Waals surface area contributed by atoms with Crippen molar-refractivity contribution in [2.75, 3.05) is 6.61 Å². The van der Waals surface area contributed by atoms with Crippen LogP contribution in [-0.4, -0.2) is 28.0 Å². The summed E-state index contributed by atoms with van der Waals surface area (Å²) in [7, 11) is 0. The third-order valence-corrected chi connectivity index (χ3v) is 6.62. The monoisotopic (exact) mass is 440 g/mol. The van der Waals surface area contributed by atoms with Gasteiger partial charge in [-0.25, -0.2) is 0 Å². The van der Waals surface area contributed by atoms with Crippen LogP contribution < -0.4 is 4.74 Å². The van der Waals surface area contributed by atoms with Crippen molar-refractivity contribution < 1.29 is 20.1 Å². The number of benzene rings is 2. The van der Waals surface area contributed by atoms with Crippen LogP contribution >= 0.6 is 0 Å². The Morgan fingerprint density at radius 2 is 1.59 bits per heavy atom. The van der Waals surface area contributed by atoms with Gasteiger partial charge in [0.25, 0.3) is 0 Å². The number of aryl methyl sites for hydroxylation is 1. The third-order valence-electron chi connectivity index (χ3n) is 6.62. The Hall–Kier alpha value is -2.14. The lowest BCUT2D eigenvalue weighted by atomic mass is 9.74. The molecule has 0 fully saturated rings. The van der Waals surface area contributed by atoms with Gasteiger partial charge in [0.2, 0.25) is 0 Å². The van der Waals surface area contributed by atoms with Crippen LogP contribution in [0.2, 0.25) is 0 Å². The summed E-state index contributed by atoms with van der Waals surface area (Å²) in [5, 5.41) is 29.1. The highest BCUT2D eigenvalue weighted by Gasteiger charge is 2.26. The maximum absolute atomic E-state index is 10.1. The molecule has 1 unspecified atom stereocenters. The number of allylic oxidation sites excluding steroid dienone is 1. The maximum atomic E-state index is 10.1. The van der Waals surface area contributed by atoms with E-state index in [9.17, 15) is 15.3 Å². The number of aliphatic hydroxyl groups is 3. The fourth-order valence-corrected chi connectivity index (χ4v) is 3.97. The van der Waals surface area contributed by atoms with Gasteiger partial charge in [-0.15, -0.1) is 0 Å². The molecule has 0 saturated carbocycles. The van der Waals surface area contributed by atoms with E-state index in [1.165, 1.54) is 5.56 Å². The summed E-state index contributed by atoms with van der Waals surface area (Å²) in [6.45, 7) is 10.7. The first-order chi connectivity index (χ1) is 15.3. The Morgan fingerprint density at radius 3 is 2.16 bits per heavy atom. The molecule has 4 nitrogen and oxygen atoms in total. The van der Waals surface area contributed by atoms with Crippen LogP contribution in [0.5, 0.6) is 5.75 Å². The average molecular weight is 441 g/mol. The summed E-state index contributed by atoms with van der Waals surface area (Å²) in [5.74, 6) is 1.00. The predicted molar refractivity (Wildman–Crippen MR) is 132 cm³/mol. The lowest BCUT2D eigenvalue weighted by Crippen LogP contribution is -2.24. The smallest absolute Gasteiger partial charge is 0.122 e.